The van der Waals surface area contributed by atoms with Crippen molar-refractivity contribution in [2.75, 3.05) is 0 Å². The van der Waals surface area contributed by atoms with Gasteiger partial charge < -0.3 is 4.74 Å². The van der Waals surface area contributed by atoms with E-state index >= 15 is 0 Å². The molecule has 0 aliphatic rings. The van der Waals surface area contributed by atoms with Crippen molar-refractivity contribution in [1.29, 1.82) is 5.26 Å². The molecule has 0 fully saturated rings. The predicted octanol–water partition coefficient (Wildman–Crippen LogP) is 2.66. The Hall–Kier alpha value is -3.11. The molecule has 0 N–H and O–H groups in total. The van der Waals surface area contributed by atoms with Crippen molar-refractivity contribution in [1.82, 2.24) is 19.6 Å². The molecule has 0 saturated heterocycles. The van der Waals surface area contributed by atoms with Crippen molar-refractivity contribution in [2.45, 2.75) is 6.92 Å². The van der Waals surface area contributed by atoms with E-state index in [0.717, 1.165) is 0 Å². The maximum Gasteiger partial charge on any atom is 0.349 e. The fourth-order valence-electron chi connectivity index (χ4n) is 2.35. The number of carbonyl (C=O) groups is 1. The summed E-state index contributed by atoms with van der Waals surface area (Å²) in [6.45, 7) is 1.72. The molecule has 0 amide bonds. The summed E-state index contributed by atoms with van der Waals surface area (Å²) >= 11 is 5.96. The fourth-order valence-corrected chi connectivity index (χ4v) is 2.56. The summed E-state index contributed by atoms with van der Waals surface area (Å²) in [6, 6.07) is 8.14. The van der Waals surface area contributed by atoms with E-state index in [0.29, 0.717) is 22.6 Å². The van der Waals surface area contributed by atoms with Crippen LogP contribution in [0.25, 0.3) is 5.82 Å². The third-order valence-electron chi connectivity index (χ3n) is 3.39. The lowest BCUT2D eigenvalue weighted by Crippen LogP contribution is -2.14. The zero-order valence-corrected chi connectivity index (χ0v) is 13.7. The third-order valence-corrected chi connectivity index (χ3v) is 3.70. The first-order valence-corrected chi connectivity index (χ1v) is 7.34. The minimum atomic E-state index is -0.577. The molecule has 0 bridgehead atoms. The number of hydrogen-bond acceptors (Lipinski definition) is 5. The van der Waals surface area contributed by atoms with E-state index in [1.165, 1.54) is 18.2 Å². The Labute approximate surface area is 142 Å². The Balaban J connectivity index is 1.97. The SMILES string of the molecule is Cc1nn(C)c(-n2cccn2)c1C(=O)Oc1ccc(C#N)c(Cl)c1. The largest absolute Gasteiger partial charge is 0.423 e. The second kappa shape index (κ2) is 6.18. The van der Waals surface area contributed by atoms with Gasteiger partial charge in [0.1, 0.15) is 17.4 Å². The van der Waals surface area contributed by atoms with Gasteiger partial charge in [0.05, 0.1) is 16.3 Å². The van der Waals surface area contributed by atoms with Crippen molar-refractivity contribution in [3.05, 3.63) is 58.5 Å². The summed E-state index contributed by atoms with van der Waals surface area (Å²) < 4.78 is 8.49. The highest BCUT2D eigenvalue weighted by atomic mass is 35.5. The van der Waals surface area contributed by atoms with Crippen molar-refractivity contribution in [2.24, 2.45) is 7.05 Å². The monoisotopic (exact) mass is 341 g/mol. The van der Waals surface area contributed by atoms with Crippen molar-refractivity contribution in [3.8, 4) is 17.6 Å². The molecule has 0 spiro atoms. The van der Waals surface area contributed by atoms with E-state index in [-0.39, 0.29) is 10.8 Å². The first kappa shape index (κ1) is 15.8. The third kappa shape index (κ3) is 2.75. The number of aryl methyl sites for hydroxylation is 2. The van der Waals surface area contributed by atoms with Crippen LogP contribution in [-0.4, -0.2) is 25.5 Å². The van der Waals surface area contributed by atoms with Crippen LogP contribution in [0, 0.1) is 18.3 Å². The highest BCUT2D eigenvalue weighted by molar-refractivity contribution is 6.31. The van der Waals surface area contributed by atoms with Gasteiger partial charge in [-0.05, 0) is 25.1 Å². The number of carbonyl (C=O) groups excluding carboxylic acids is 1. The minimum Gasteiger partial charge on any atom is -0.423 e. The highest BCUT2D eigenvalue weighted by Crippen LogP contribution is 2.24. The minimum absolute atomic E-state index is 0.220. The summed E-state index contributed by atoms with van der Waals surface area (Å²) in [4.78, 5) is 12.6. The summed E-state index contributed by atoms with van der Waals surface area (Å²) in [5, 5.41) is 17.5. The number of ether oxygens (including phenoxy) is 1. The number of esters is 1. The van der Waals surface area contributed by atoms with Gasteiger partial charge in [0.2, 0.25) is 0 Å². The number of aromatic nitrogens is 4. The normalized spacial score (nSPS) is 10.4. The molecule has 0 unspecified atom stereocenters. The predicted molar refractivity (Wildman–Crippen MR) is 86.2 cm³/mol. The van der Waals surface area contributed by atoms with Crippen LogP contribution >= 0.6 is 11.6 Å². The molecule has 0 atom stereocenters. The Morgan fingerprint density at radius 1 is 1.42 bits per heavy atom. The lowest BCUT2D eigenvalue weighted by atomic mass is 10.2. The van der Waals surface area contributed by atoms with E-state index in [2.05, 4.69) is 10.2 Å². The summed E-state index contributed by atoms with van der Waals surface area (Å²) in [7, 11) is 1.72. The number of halogens is 1. The first-order chi connectivity index (χ1) is 11.5. The van der Waals surface area contributed by atoms with Crippen LogP contribution in [0.5, 0.6) is 5.75 Å². The van der Waals surface area contributed by atoms with Crippen LogP contribution < -0.4 is 4.74 Å². The topological polar surface area (TPSA) is 85.7 Å². The van der Waals surface area contributed by atoms with Gasteiger partial charge in [-0.3, -0.25) is 0 Å². The lowest BCUT2D eigenvalue weighted by Gasteiger charge is -2.08. The molecule has 2 aromatic heterocycles. The van der Waals surface area contributed by atoms with E-state index in [1.807, 2.05) is 6.07 Å². The van der Waals surface area contributed by atoms with Crippen molar-refractivity contribution < 1.29 is 9.53 Å². The maximum atomic E-state index is 12.6. The molecular weight excluding hydrogens is 330 g/mol. The summed E-state index contributed by atoms with van der Waals surface area (Å²) in [5.74, 6) is 0.174. The molecule has 1 aromatic carbocycles. The van der Waals surface area contributed by atoms with Gasteiger partial charge in [0.25, 0.3) is 0 Å². The second-order valence-corrected chi connectivity index (χ2v) is 5.41. The summed E-state index contributed by atoms with van der Waals surface area (Å²) in [5.41, 5.74) is 1.14. The van der Waals surface area contributed by atoms with Crippen molar-refractivity contribution in [3.63, 3.8) is 0 Å². The molecule has 24 heavy (non-hydrogen) atoms. The standard InChI is InChI=1S/C16H12ClN5O2/c1-10-14(15(21(2)20-10)22-7-3-6-19-22)16(23)24-12-5-4-11(9-18)13(17)8-12/h3-8H,1-2H3. The Kier molecular flexibility index (Phi) is 4.06. The van der Waals surface area contributed by atoms with E-state index in [1.54, 1.807) is 41.8 Å². The average Bonchev–Trinajstić information content (AvgIpc) is 3.14. The lowest BCUT2D eigenvalue weighted by molar-refractivity contribution is 0.0734. The highest BCUT2D eigenvalue weighted by Gasteiger charge is 2.24. The first-order valence-electron chi connectivity index (χ1n) is 6.96. The van der Waals surface area contributed by atoms with Gasteiger partial charge in [0.15, 0.2) is 5.82 Å². The zero-order chi connectivity index (χ0) is 17.3. The Morgan fingerprint density at radius 3 is 2.83 bits per heavy atom. The molecule has 7 nitrogen and oxygen atoms in total. The molecule has 0 aliphatic heterocycles. The molecular formula is C16H12ClN5O2. The van der Waals surface area contributed by atoms with Gasteiger partial charge in [-0.2, -0.15) is 15.5 Å². The molecule has 0 saturated carbocycles. The fraction of sp³-hybridized carbons (Fsp3) is 0.125. The van der Waals surface area contributed by atoms with E-state index < -0.39 is 5.97 Å². The quantitative estimate of drug-likeness (QED) is 0.540. The number of benzene rings is 1. The number of nitriles is 1. The smallest absolute Gasteiger partial charge is 0.349 e. The van der Waals surface area contributed by atoms with E-state index in [4.69, 9.17) is 21.6 Å². The van der Waals surface area contributed by atoms with Crippen LogP contribution in [-0.2, 0) is 7.05 Å². The zero-order valence-electron chi connectivity index (χ0n) is 12.9. The van der Waals surface area contributed by atoms with Crippen LogP contribution in [0.4, 0.5) is 0 Å². The maximum absolute atomic E-state index is 12.6. The van der Waals surface area contributed by atoms with Gasteiger partial charge in [-0.25, -0.2) is 14.2 Å². The van der Waals surface area contributed by atoms with Gasteiger partial charge >= 0.3 is 5.97 Å². The number of nitrogens with zero attached hydrogens (tertiary/aromatic N) is 5. The van der Waals surface area contributed by atoms with Crippen molar-refractivity contribution >= 4 is 17.6 Å². The van der Waals surface area contributed by atoms with Gasteiger partial charge in [0, 0.05) is 25.5 Å². The molecule has 0 aliphatic carbocycles. The molecule has 3 aromatic rings. The number of hydrogen-bond donors (Lipinski definition) is 0. The molecule has 3 rings (SSSR count). The Morgan fingerprint density at radius 2 is 2.21 bits per heavy atom. The molecule has 2 heterocycles. The average molecular weight is 342 g/mol. The van der Waals surface area contributed by atoms with Crippen LogP contribution in [0.15, 0.2) is 36.7 Å². The Bertz CT molecular complexity index is 954. The second-order valence-electron chi connectivity index (χ2n) is 5.00. The molecule has 120 valence electrons. The molecule has 0 radical (unpaired) electrons. The molecule has 8 heteroatoms. The van der Waals surface area contributed by atoms with Gasteiger partial charge in [-0.15, -0.1) is 0 Å². The van der Waals surface area contributed by atoms with E-state index in [9.17, 15) is 4.79 Å². The van der Waals surface area contributed by atoms with Crippen LogP contribution in [0.1, 0.15) is 21.6 Å². The summed E-state index contributed by atoms with van der Waals surface area (Å²) in [6.07, 6.45) is 3.32. The van der Waals surface area contributed by atoms with Crippen LogP contribution in [0.3, 0.4) is 0 Å². The van der Waals surface area contributed by atoms with Crippen LogP contribution in [0.2, 0.25) is 5.02 Å². The van der Waals surface area contributed by atoms with Gasteiger partial charge in [-0.1, -0.05) is 11.6 Å². The number of rotatable bonds is 3.